The third-order valence-corrected chi connectivity index (χ3v) is 4.00. The topological polar surface area (TPSA) is 79.3 Å². The van der Waals surface area contributed by atoms with E-state index in [-0.39, 0.29) is 0 Å². The summed E-state index contributed by atoms with van der Waals surface area (Å²) >= 11 is 1.33. The SMILES string of the molecule is Cc1ccc(-c2nc(NC(=O)C(C)C(=O)O)sc2C)cc1. The standard InChI is InChI=1S/C15H16N2O3S/c1-8-4-6-11(7-5-8)12-10(3)21-15(16-12)17-13(18)9(2)14(19)20/h4-7,9H,1-3H3,(H,19,20)(H,16,17,18). The van der Waals surface area contributed by atoms with E-state index in [1.165, 1.54) is 18.3 Å². The van der Waals surface area contributed by atoms with Gasteiger partial charge in [-0.1, -0.05) is 29.8 Å². The molecular formula is C15H16N2O3S. The first kappa shape index (κ1) is 15.2. The Hall–Kier alpha value is -2.21. The Kier molecular flexibility index (Phi) is 4.37. The Bertz CT molecular complexity index is 677. The molecule has 2 aromatic rings. The third kappa shape index (κ3) is 3.46. The van der Waals surface area contributed by atoms with Gasteiger partial charge >= 0.3 is 5.97 Å². The van der Waals surface area contributed by atoms with E-state index in [0.717, 1.165) is 21.7 Å². The van der Waals surface area contributed by atoms with E-state index in [4.69, 9.17) is 5.11 Å². The summed E-state index contributed by atoms with van der Waals surface area (Å²) in [5.74, 6) is -2.82. The quantitative estimate of drug-likeness (QED) is 0.851. The maximum atomic E-state index is 11.7. The van der Waals surface area contributed by atoms with Crippen molar-refractivity contribution in [3.63, 3.8) is 0 Å². The summed E-state index contributed by atoms with van der Waals surface area (Å²) in [6, 6.07) is 7.95. The Labute approximate surface area is 126 Å². The molecule has 0 aliphatic carbocycles. The Morgan fingerprint density at radius 3 is 2.43 bits per heavy atom. The number of hydrogen-bond acceptors (Lipinski definition) is 4. The van der Waals surface area contributed by atoms with Gasteiger partial charge in [-0.25, -0.2) is 4.98 Å². The van der Waals surface area contributed by atoms with Crippen molar-refractivity contribution in [1.82, 2.24) is 4.98 Å². The summed E-state index contributed by atoms with van der Waals surface area (Å²) < 4.78 is 0. The fourth-order valence-corrected chi connectivity index (χ4v) is 2.59. The average molecular weight is 304 g/mol. The summed E-state index contributed by atoms with van der Waals surface area (Å²) in [6.07, 6.45) is 0. The number of rotatable bonds is 4. The molecule has 2 N–H and O–H groups in total. The van der Waals surface area contributed by atoms with Gasteiger partial charge < -0.3 is 10.4 Å². The molecule has 1 atom stereocenters. The lowest BCUT2D eigenvalue weighted by atomic mass is 10.1. The maximum Gasteiger partial charge on any atom is 0.315 e. The predicted octanol–water partition coefficient (Wildman–Crippen LogP) is 3.09. The molecule has 1 heterocycles. The Morgan fingerprint density at radius 2 is 1.86 bits per heavy atom. The molecule has 2 rings (SSSR count). The van der Waals surface area contributed by atoms with Crippen molar-refractivity contribution >= 4 is 28.3 Å². The number of thiazole rings is 1. The number of anilines is 1. The maximum absolute atomic E-state index is 11.7. The van der Waals surface area contributed by atoms with Gasteiger partial charge in [0.1, 0.15) is 5.92 Å². The van der Waals surface area contributed by atoms with Crippen molar-refractivity contribution in [1.29, 1.82) is 0 Å². The minimum absolute atomic E-state index is 0.418. The molecular weight excluding hydrogens is 288 g/mol. The highest BCUT2D eigenvalue weighted by molar-refractivity contribution is 7.16. The number of carbonyl (C=O) groups excluding carboxylic acids is 1. The highest BCUT2D eigenvalue weighted by Crippen LogP contribution is 2.30. The van der Waals surface area contributed by atoms with Crippen LogP contribution >= 0.6 is 11.3 Å². The lowest BCUT2D eigenvalue weighted by Crippen LogP contribution is -2.26. The van der Waals surface area contributed by atoms with Crippen molar-refractivity contribution in [3.05, 3.63) is 34.7 Å². The molecule has 0 saturated carbocycles. The van der Waals surface area contributed by atoms with Gasteiger partial charge in [0.2, 0.25) is 5.91 Å². The van der Waals surface area contributed by atoms with E-state index in [1.54, 1.807) is 0 Å². The molecule has 0 aliphatic heterocycles. The van der Waals surface area contributed by atoms with Crippen LogP contribution in [-0.4, -0.2) is 22.0 Å². The predicted molar refractivity (Wildman–Crippen MR) is 82.5 cm³/mol. The normalized spacial score (nSPS) is 12.0. The van der Waals surface area contributed by atoms with E-state index >= 15 is 0 Å². The fraction of sp³-hybridized carbons (Fsp3) is 0.267. The molecule has 5 nitrogen and oxygen atoms in total. The molecule has 1 unspecified atom stereocenters. The zero-order chi connectivity index (χ0) is 15.6. The minimum atomic E-state index is -1.15. The lowest BCUT2D eigenvalue weighted by Gasteiger charge is -2.04. The van der Waals surface area contributed by atoms with E-state index < -0.39 is 17.8 Å². The molecule has 0 saturated heterocycles. The summed E-state index contributed by atoms with van der Waals surface area (Å²) in [7, 11) is 0. The molecule has 0 fully saturated rings. The number of amides is 1. The first-order valence-electron chi connectivity index (χ1n) is 6.46. The molecule has 1 aromatic carbocycles. The number of nitrogens with zero attached hydrogens (tertiary/aromatic N) is 1. The van der Waals surface area contributed by atoms with Crippen LogP contribution in [0, 0.1) is 19.8 Å². The van der Waals surface area contributed by atoms with Crippen LogP contribution < -0.4 is 5.32 Å². The van der Waals surface area contributed by atoms with Gasteiger partial charge in [0, 0.05) is 10.4 Å². The zero-order valence-electron chi connectivity index (χ0n) is 12.0. The van der Waals surface area contributed by atoms with Crippen LogP contribution in [0.25, 0.3) is 11.3 Å². The van der Waals surface area contributed by atoms with Gasteiger partial charge in [0.25, 0.3) is 0 Å². The second-order valence-corrected chi connectivity index (χ2v) is 6.04. The number of nitrogens with one attached hydrogen (secondary N) is 1. The molecule has 0 aliphatic rings. The van der Waals surface area contributed by atoms with Crippen molar-refractivity contribution in [2.75, 3.05) is 5.32 Å². The van der Waals surface area contributed by atoms with Crippen molar-refractivity contribution in [3.8, 4) is 11.3 Å². The van der Waals surface area contributed by atoms with Crippen LogP contribution in [0.3, 0.4) is 0 Å². The minimum Gasteiger partial charge on any atom is -0.481 e. The van der Waals surface area contributed by atoms with Crippen LogP contribution in [-0.2, 0) is 9.59 Å². The second kappa shape index (κ2) is 6.05. The molecule has 0 bridgehead atoms. The number of carboxylic acids is 1. The molecule has 6 heteroatoms. The van der Waals surface area contributed by atoms with Gasteiger partial charge in [-0.05, 0) is 20.8 Å². The van der Waals surface area contributed by atoms with Crippen LogP contribution in [0.2, 0.25) is 0 Å². The number of carboxylic acid groups (broad SMARTS) is 1. The van der Waals surface area contributed by atoms with Crippen LogP contribution in [0.15, 0.2) is 24.3 Å². The van der Waals surface area contributed by atoms with Gasteiger partial charge in [0.15, 0.2) is 5.13 Å². The summed E-state index contributed by atoms with van der Waals surface area (Å²) in [4.78, 5) is 27.9. The number of aliphatic carboxylic acids is 1. The van der Waals surface area contributed by atoms with Crippen molar-refractivity contribution < 1.29 is 14.7 Å². The number of hydrogen-bond donors (Lipinski definition) is 2. The van der Waals surface area contributed by atoms with E-state index in [0.29, 0.717) is 5.13 Å². The van der Waals surface area contributed by atoms with Gasteiger partial charge in [-0.15, -0.1) is 11.3 Å². The monoisotopic (exact) mass is 304 g/mol. The number of aryl methyl sites for hydroxylation is 2. The molecule has 1 aromatic heterocycles. The van der Waals surface area contributed by atoms with Gasteiger partial charge in [-0.2, -0.15) is 0 Å². The first-order chi connectivity index (χ1) is 9.88. The smallest absolute Gasteiger partial charge is 0.315 e. The third-order valence-electron chi connectivity index (χ3n) is 3.12. The fourth-order valence-electron chi connectivity index (χ4n) is 1.75. The Morgan fingerprint density at radius 1 is 1.24 bits per heavy atom. The highest BCUT2D eigenvalue weighted by Gasteiger charge is 2.22. The molecule has 1 amide bonds. The lowest BCUT2D eigenvalue weighted by molar-refractivity contribution is -0.144. The number of aromatic nitrogens is 1. The van der Waals surface area contributed by atoms with Gasteiger partial charge in [0.05, 0.1) is 5.69 Å². The van der Waals surface area contributed by atoms with Crippen molar-refractivity contribution in [2.24, 2.45) is 5.92 Å². The van der Waals surface area contributed by atoms with E-state index in [1.807, 2.05) is 38.1 Å². The van der Waals surface area contributed by atoms with Crippen LogP contribution in [0.4, 0.5) is 5.13 Å². The molecule has 110 valence electrons. The van der Waals surface area contributed by atoms with Gasteiger partial charge in [-0.3, -0.25) is 9.59 Å². The Balaban J connectivity index is 2.21. The first-order valence-corrected chi connectivity index (χ1v) is 7.28. The largest absolute Gasteiger partial charge is 0.481 e. The molecule has 0 spiro atoms. The molecule has 21 heavy (non-hydrogen) atoms. The summed E-state index contributed by atoms with van der Waals surface area (Å²) in [6.45, 7) is 5.28. The van der Waals surface area contributed by atoms with Crippen LogP contribution in [0.1, 0.15) is 17.4 Å². The van der Waals surface area contributed by atoms with Crippen LogP contribution in [0.5, 0.6) is 0 Å². The summed E-state index contributed by atoms with van der Waals surface area (Å²) in [5.41, 5.74) is 2.94. The van der Waals surface area contributed by atoms with E-state index in [2.05, 4.69) is 10.3 Å². The highest BCUT2D eigenvalue weighted by atomic mass is 32.1. The zero-order valence-corrected chi connectivity index (χ0v) is 12.8. The number of carbonyl (C=O) groups is 2. The van der Waals surface area contributed by atoms with Crippen molar-refractivity contribution in [2.45, 2.75) is 20.8 Å². The molecule has 0 radical (unpaired) electrons. The number of benzene rings is 1. The second-order valence-electron chi connectivity index (χ2n) is 4.84. The average Bonchev–Trinajstić information content (AvgIpc) is 2.79. The van der Waals surface area contributed by atoms with E-state index in [9.17, 15) is 9.59 Å². The summed E-state index contributed by atoms with van der Waals surface area (Å²) in [5, 5.41) is 11.8.